The van der Waals surface area contributed by atoms with Crippen LogP contribution in [0.4, 0.5) is 17.1 Å². The zero-order chi connectivity index (χ0) is 23.0. The number of aromatic carboxylic acids is 1. The topological polar surface area (TPSA) is 78.4 Å². The molecule has 0 atom stereocenters. The number of benzene rings is 4. The molecular formula is C28H20N2O3. The Hall–Kier alpha value is -4.82. The molecule has 1 amide bonds. The summed E-state index contributed by atoms with van der Waals surface area (Å²) in [6.45, 7) is 0. The van der Waals surface area contributed by atoms with Crippen molar-refractivity contribution in [1.82, 2.24) is 0 Å². The molecule has 33 heavy (non-hydrogen) atoms. The summed E-state index contributed by atoms with van der Waals surface area (Å²) >= 11 is 0. The second kappa shape index (κ2) is 9.99. The number of amides is 1. The van der Waals surface area contributed by atoms with Gasteiger partial charge in [0.15, 0.2) is 0 Å². The molecule has 3 N–H and O–H groups in total. The lowest BCUT2D eigenvalue weighted by Crippen LogP contribution is -2.16. The Kier molecular flexibility index (Phi) is 6.48. The third-order valence-electron chi connectivity index (χ3n) is 4.85. The first kappa shape index (κ1) is 21.4. The van der Waals surface area contributed by atoms with Crippen LogP contribution < -0.4 is 10.6 Å². The lowest BCUT2D eigenvalue weighted by molar-refractivity contribution is 0.0698. The molecule has 0 aliphatic rings. The lowest BCUT2D eigenvalue weighted by Gasteiger charge is -2.14. The summed E-state index contributed by atoms with van der Waals surface area (Å²) < 4.78 is 0. The molecule has 0 fully saturated rings. The highest BCUT2D eigenvalue weighted by Gasteiger charge is 2.16. The number of carbonyl (C=O) groups is 2. The van der Waals surface area contributed by atoms with Crippen LogP contribution in [0.25, 0.3) is 0 Å². The number of hydrogen-bond donors (Lipinski definition) is 3. The van der Waals surface area contributed by atoms with E-state index in [1.807, 2.05) is 66.7 Å². The quantitative estimate of drug-likeness (QED) is 0.349. The second-order valence-electron chi connectivity index (χ2n) is 7.17. The maximum absolute atomic E-state index is 13.2. The van der Waals surface area contributed by atoms with Crippen molar-refractivity contribution in [2.45, 2.75) is 0 Å². The summed E-state index contributed by atoms with van der Waals surface area (Å²) in [6.07, 6.45) is 0. The third-order valence-corrected chi connectivity index (χ3v) is 4.85. The largest absolute Gasteiger partial charge is 0.478 e. The van der Waals surface area contributed by atoms with Gasteiger partial charge >= 0.3 is 5.97 Å². The molecule has 4 rings (SSSR count). The first-order valence-corrected chi connectivity index (χ1v) is 10.3. The SMILES string of the molecule is O=C(O)c1ccccc1NC(=O)c1cc(C#Cc2ccccc2)ccc1Nc1ccccc1. The standard InChI is InChI=1S/C28H20N2O3/c31-27(30-25-14-8-7-13-23(25)28(32)33)24-19-21(16-15-20-9-3-1-4-10-20)17-18-26(24)29-22-11-5-2-6-12-22/h1-14,17-19,29H,(H,30,31)(H,32,33). The molecule has 4 aromatic rings. The molecular weight excluding hydrogens is 412 g/mol. The zero-order valence-electron chi connectivity index (χ0n) is 17.6. The predicted molar refractivity (Wildman–Crippen MR) is 130 cm³/mol. The molecule has 4 aromatic carbocycles. The molecule has 0 spiro atoms. The molecule has 0 aromatic heterocycles. The van der Waals surface area contributed by atoms with E-state index in [-0.39, 0.29) is 11.3 Å². The van der Waals surface area contributed by atoms with Crippen molar-refractivity contribution in [2.75, 3.05) is 10.6 Å². The van der Waals surface area contributed by atoms with E-state index in [0.29, 0.717) is 16.8 Å². The highest BCUT2D eigenvalue weighted by atomic mass is 16.4. The fourth-order valence-electron chi connectivity index (χ4n) is 3.23. The van der Waals surface area contributed by atoms with Crippen LogP contribution in [-0.4, -0.2) is 17.0 Å². The number of nitrogens with one attached hydrogen (secondary N) is 2. The van der Waals surface area contributed by atoms with Gasteiger partial charge in [0, 0.05) is 16.8 Å². The summed E-state index contributed by atoms with van der Waals surface area (Å²) in [7, 11) is 0. The highest BCUT2D eigenvalue weighted by molar-refractivity contribution is 6.11. The molecule has 0 aliphatic carbocycles. The van der Waals surface area contributed by atoms with Crippen molar-refractivity contribution in [2.24, 2.45) is 0 Å². The monoisotopic (exact) mass is 432 g/mol. The fraction of sp³-hybridized carbons (Fsp3) is 0. The van der Waals surface area contributed by atoms with E-state index in [1.54, 1.807) is 30.3 Å². The summed E-state index contributed by atoms with van der Waals surface area (Å²) in [5.41, 5.74) is 3.51. The van der Waals surface area contributed by atoms with Gasteiger partial charge in [-0.2, -0.15) is 0 Å². The summed E-state index contributed by atoms with van der Waals surface area (Å²) in [6, 6.07) is 30.7. The van der Waals surface area contributed by atoms with Gasteiger partial charge in [-0.05, 0) is 54.6 Å². The first-order valence-electron chi connectivity index (χ1n) is 10.3. The van der Waals surface area contributed by atoms with Crippen molar-refractivity contribution in [1.29, 1.82) is 0 Å². The smallest absolute Gasteiger partial charge is 0.337 e. The van der Waals surface area contributed by atoms with E-state index in [0.717, 1.165) is 11.3 Å². The average molecular weight is 432 g/mol. The Labute approximate surface area is 191 Å². The van der Waals surface area contributed by atoms with E-state index < -0.39 is 11.9 Å². The maximum Gasteiger partial charge on any atom is 0.337 e. The van der Waals surface area contributed by atoms with Crippen molar-refractivity contribution in [3.63, 3.8) is 0 Å². The molecule has 0 heterocycles. The normalized spacial score (nSPS) is 9.94. The van der Waals surface area contributed by atoms with Gasteiger partial charge in [0.05, 0.1) is 22.5 Å². The van der Waals surface area contributed by atoms with Crippen LogP contribution in [0.2, 0.25) is 0 Å². The van der Waals surface area contributed by atoms with Gasteiger partial charge in [-0.25, -0.2) is 4.79 Å². The number of rotatable bonds is 5. The molecule has 0 unspecified atom stereocenters. The minimum absolute atomic E-state index is 0.0171. The third kappa shape index (κ3) is 5.46. The number of para-hydroxylation sites is 2. The Balaban J connectivity index is 1.70. The molecule has 0 saturated heterocycles. The van der Waals surface area contributed by atoms with Crippen molar-refractivity contribution >= 4 is 28.9 Å². The molecule has 5 nitrogen and oxygen atoms in total. The minimum atomic E-state index is -1.11. The van der Waals surface area contributed by atoms with Crippen LogP contribution in [0.1, 0.15) is 31.8 Å². The van der Waals surface area contributed by atoms with Crippen molar-refractivity contribution in [3.05, 3.63) is 125 Å². The molecule has 5 heteroatoms. The second-order valence-corrected chi connectivity index (χ2v) is 7.17. The van der Waals surface area contributed by atoms with Gasteiger partial charge in [0.1, 0.15) is 0 Å². The zero-order valence-corrected chi connectivity index (χ0v) is 17.6. The molecule has 0 bridgehead atoms. The molecule has 0 radical (unpaired) electrons. The van der Waals surface area contributed by atoms with Crippen molar-refractivity contribution in [3.8, 4) is 11.8 Å². The predicted octanol–water partition coefficient (Wildman–Crippen LogP) is 5.78. The average Bonchev–Trinajstić information content (AvgIpc) is 2.85. The van der Waals surface area contributed by atoms with E-state index in [4.69, 9.17) is 0 Å². The summed E-state index contributed by atoms with van der Waals surface area (Å²) in [5, 5.41) is 15.4. The van der Waals surface area contributed by atoms with Gasteiger partial charge in [0.25, 0.3) is 5.91 Å². The first-order chi connectivity index (χ1) is 16.1. The van der Waals surface area contributed by atoms with E-state index in [1.165, 1.54) is 6.07 Å². The number of hydrogen-bond acceptors (Lipinski definition) is 3. The molecule has 0 aliphatic heterocycles. The van der Waals surface area contributed by atoms with Crippen LogP contribution in [0.15, 0.2) is 103 Å². The van der Waals surface area contributed by atoms with Gasteiger partial charge < -0.3 is 15.7 Å². The van der Waals surface area contributed by atoms with Gasteiger partial charge in [-0.3, -0.25) is 4.79 Å². The van der Waals surface area contributed by atoms with E-state index in [2.05, 4.69) is 22.5 Å². The van der Waals surface area contributed by atoms with E-state index >= 15 is 0 Å². The van der Waals surface area contributed by atoms with Crippen LogP contribution in [0.3, 0.4) is 0 Å². The summed E-state index contributed by atoms with van der Waals surface area (Å²) in [5.74, 6) is 4.62. The number of anilines is 3. The van der Waals surface area contributed by atoms with Gasteiger partial charge in [0.2, 0.25) is 0 Å². The Morgan fingerprint density at radius 1 is 0.636 bits per heavy atom. The highest BCUT2D eigenvalue weighted by Crippen LogP contribution is 2.24. The minimum Gasteiger partial charge on any atom is -0.478 e. The number of carboxylic acids is 1. The Bertz CT molecular complexity index is 1350. The Morgan fingerprint density at radius 3 is 2.00 bits per heavy atom. The number of carbonyl (C=O) groups excluding carboxylic acids is 1. The summed E-state index contributed by atoms with van der Waals surface area (Å²) in [4.78, 5) is 24.8. The maximum atomic E-state index is 13.2. The van der Waals surface area contributed by atoms with Crippen LogP contribution in [0, 0.1) is 11.8 Å². The van der Waals surface area contributed by atoms with Gasteiger partial charge in [-0.15, -0.1) is 0 Å². The van der Waals surface area contributed by atoms with E-state index in [9.17, 15) is 14.7 Å². The van der Waals surface area contributed by atoms with Crippen LogP contribution in [-0.2, 0) is 0 Å². The van der Waals surface area contributed by atoms with Crippen molar-refractivity contribution < 1.29 is 14.7 Å². The molecule has 160 valence electrons. The van der Waals surface area contributed by atoms with Crippen LogP contribution in [0.5, 0.6) is 0 Å². The number of carboxylic acid groups (broad SMARTS) is 1. The fourth-order valence-corrected chi connectivity index (χ4v) is 3.23. The van der Waals surface area contributed by atoms with Crippen LogP contribution >= 0.6 is 0 Å². The lowest BCUT2D eigenvalue weighted by atomic mass is 10.1. The van der Waals surface area contributed by atoms with Gasteiger partial charge in [-0.1, -0.05) is 60.4 Å². The Morgan fingerprint density at radius 2 is 1.27 bits per heavy atom. The molecule has 0 saturated carbocycles.